The van der Waals surface area contributed by atoms with Crippen molar-refractivity contribution in [1.82, 2.24) is 10.4 Å². The molecule has 0 saturated carbocycles. The number of hydrogen-bond acceptors (Lipinski definition) is 4. The van der Waals surface area contributed by atoms with E-state index in [0.29, 0.717) is 0 Å². The zero-order valence-electron chi connectivity index (χ0n) is 16.2. The zero-order valence-corrected chi connectivity index (χ0v) is 16.2. The van der Waals surface area contributed by atoms with Crippen molar-refractivity contribution in [2.45, 2.75) is 40.0 Å². The average molecular weight is 348 g/mol. The van der Waals surface area contributed by atoms with E-state index in [1.165, 1.54) is 25.6 Å². The molecule has 0 radical (unpaired) electrons. The van der Waals surface area contributed by atoms with Crippen LogP contribution in [0.3, 0.4) is 0 Å². The summed E-state index contributed by atoms with van der Waals surface area (Å²) in [5, 5.41) is 5.09. The van der Waals surface area contributed by atoms with E-state index < -0.39 is 0 Å². The number of unbranched alkanes of at least 4 members (excludes halogenated alkanes) is 2. The number of methoxy groups -OCH3 is 1. The van der Waals surface area contributed by atoms with Crippen LogP contribution in [-0.4, -0.2) is 38.2 Å². The largest absolute Gasteiger partial charge is 0.497 e. The fourth-order valence-corrected chi connectivity index (χ4v) is 2.02. The highest BCUT2D eigenvalue weighted by molar-refractivity contribution is 5.99. The van der Waals surface area contributed by atoms with Gasteiger partial charge in [-0.2, -0.15) is 5.10 Å². The summed E-state index contributed by atoms with van der Waals surface area (Å²) >= 11 is 0. The van der Waals surface area contributed by atoms with Gasteiger partial charge in [0.15, 0.2) is 0 Å². The van der Waals surface area contributed by atoms with Crippen LogP contribution in [0.4, 0.5) is 0 Å². The molecule has 6 heteroatoms. The van der Waals surface area contributed by atoms with Gasteiger partial charge in [0.25, 0.3) is 0 Å². The molecule has 0 aliphatic rings. The van der Waals surface area contributed by atoms with Crippen molar-refractivity contribution in [2.75, 3.05) is 20.7 Å². The Morgan fingerprint density at radius 1 is 1.28 bits per heavy atom. The van der Waals surface area contributed by atoms with E-state index in [1.54, 1.807) is 20.4 Å². The Hall–Kier alpha value is -2.50. The molecule has 0 unspecified atom stereocenters. The smallest absolute Gasteiger partial charge is 0.119 e. The molecule has 4 N–H and O–H groups in total. The van der Waals surface area contributed by atoms with Gasteiger partial charge in [0, 0.05) is 36.3 Å². The van der Waals surface area contributed by atoms with E-state index in [0.717, 1.165) is 28.8 Å². The SMILES string of the molecule is CC.CCCCCN=CN.CN/N=C/c1c[nH]c2ccc(OC)cc12. The van der Waals surface area contributed by atoms with Crippen LogP contribution in [0.2, 0.25) is 0 Å². The summed E-state index contributed by atoms with van der Waals surface area (Å²) < 4.78 is 5.18. The Labute approximate surface area is 151 Å². The van der Waals surface area contributed by atoms with Gasteiger partial charge in [0.2, 0.25) is 0 Å². The molecule has 0 saturated heterocycles. The Morgan fingerprint density at radius 3 is 2.64 bits per heavy atom. The van der Waals surface area contributed by atoms with Crippen molar-refractivity contribution in [3.05, 3.63) is 30.0 Å². The number of aromatic amines is 1. The van der Waals surface area contributed by atoms with Gasteiger partial charge in [0.1, 0.15) is 5.75 Å². The molecule has 0 amide bonds. The molecule has 140 valence electrons. The molecule has 1 aromatic heterocycles. The minimum atomic E-state index is 0.848. The van der Waals surface area contributed by atoms with Crippen molar-refractivity contribution in [1.29, 1.82) is 0 Å². The summed E-state index contributed by atoms with van der Waals surface area (Å²) in [6.45, 7) is 7.07. The maximum atomic E-state index is 5.18. The van der Waals surface area contributed by atoms with Crippen LogP contribution in [0.25, 0.3) is 10.9 Å². The first kappa shape index (κ1) is 22.5. The van der Waals surface area contributed by atoms with Gasteiger partial charge >= 0.3 is 0 Å². The second-order valence-corrected chi connectivity index (χ2v) is 4.90. The summed E-state index contributed by atoms with van der Waals surface area (Å²) in [4.78, 5) is 7.04. The Balaban J connectivity index is 0.000000493. The minimum absolute atomic E-state index is 0.848. The van der Waals surface area contributed by atoms with Crippen LogP contribution < -0.4 is 15.9 Å². The first-order valence-corrected chi connectivity index (χ1v) is 8.81. The summed E-state index contributed by atoms with van der Waals surface area (Å²) in [7, 11) is 3.43. The molecule has 0 aliphatic heterocycles. The van der Waals surface area contributed by atoms with E-state index in [2.05, 4.69) is 27.4 Å². The number of hydrazone groups is 1. The number of nitrogens with two attached hydrogens (primary N) is 1. The lowest BCUT2D eigenvalue weighted by Gasteiger charge is -1.99. The molecular weight excluding hydrogens is 314 g/mol. The molecule has 6 nitrogen and oxygen atoms in total. The number of H-pyrrole nitrogens is 1. The van der Waals surface area contributed by atoms with E-state index in [-0.39, 0.29) is 0 Å². The zero-order chi connectivity index (χ0) is 18.9. The second kappa shape index (κ2) is 15.1. The lowest BCUT2D eigenvalue weighted by molar-refractivity contribution is 0.415. The van der Waals surface area contributed by atoms with Crippen LogP contribution >= 0.6 is 0 Å². The van der Waals surface area contributed by atoms with E-state index >= 15 is 0 Å². The number of aromatic nitrogens is 1. The third-order valence-corrected chi connectivity index (χ3v) is 3.25. The highest BCUT2D eigenvalue weighted by Gasteiger charge is 2.02. The monoisotopic (exact) mass is 347 g/mol. The number of hydrogen-bond donors (Lipinski definition) is 3. The first-order chi connectivity index (χ1) is 12.3. The lowest BCUT2D eigenvalue weighted by Crippen LogP contribution is -1.94. The lowest BCUT2D eigenvalue weighted by atomic mass is 10.2. The van der Waals surface area contributed by atoms with Crippen molar-refractivity contribution in [3.63, 3.8) is 0 Å². The number of benzene rings is 1. The standard InChI is InChI=1S/C11H13N3O.C6H14N2.C2H6/c1-12-14-7-8-6-13-11-4-3-9(15-2)5-10(8)11;1-2-3-4-5-8-6-7;1-2/h3-7,12-13H,1-2H3;6H,2-5H2,1H3,(H2,7,8);1-2H3/b14-7+;;. The molecular formula is C19H33N5O. The van der Waals surface area contributed by atoms with Crippen LogP contribution in [0.1, 0.15) is 45.6 Å². The minimum Gasteiger partial charge on any atom is -0.497 e. The molecule has 0 atom stereocenters. The van der Waals surface area contributed by atoms with E-state index in [4.69, 9.17) is 10.5 Å². The average Bonchev–Trinajstić information content (AvgIpc) is 3.08. The first-order valence-electron chi connectivity index (χ1n) is 8.81. The highest BCUT2D eigenvalue weighted by Crippen LogP contribution is 2.22. The second-order valence-electron chi connectivity index (χ2n) is 4.90. The number of ether oxygens (including phenoxy) is 1. The van der Waals surface area contributed by atoms with Gasteiger partial charge in [-0.25, -0.2) is 0 Å². The summed E-state index contributed by atoms with van der Waals surface area (Å²) in [6, 6.07) is 5.91. The molecule has 25 heavy (non-hydrogen) atoms. The summed E-state index contributed by atoms with van der Waals surface area (Å²) in [5.41, 5.74) is 9.86. The normalized spacial score (nSPS) is 10.3. The Bertz CT molecular complexity index is 619. The quantitative estimate of drug-likeness (QED) is 0.307. The van der Waals surface area contributed by atoms with Crippen LogP contribution in [0, 0.1) is 0 Å². The van der Waals surface area contributed by atoms with Crippen LogP contribution in [0.15, 0.2) is 34.5 Å². The van der Waals surface area contributed by atoms with Gasteiger partial charge in [-0.1, -0.05) is 33.6 Å². The Morgan fingerprint density at radius 2 is 2.04 bits per heavy atom. The molecule has 0 fully saturated rings. The fraction of sp³-hybridized carbons (Fsp3) is 0.474. The van der Waals surface area contributed by atoms with Crippen molar-refractivity contribution >= 4 is 23.5 Å². The predicted octanol–water partition coefficient (Wildman–Crippen LogP) is 3.92. The summed E-state index contributed by atoms with van der Waals surface area (Å²) in [6.07, 6.45) is 8.75. The van der Waals surface area contributed by atoms with E-state index in [9.17, 15) is 0 Å². The van der Waals surface area contributed by atoms with E-state index in [1.807, 2.05) is 38.2 Å². The molecule has 1 aromatic carbocycles. The van der Waals surface area contributed by atoms with Gasteiger partial charge in [0.05, 0.1) is 19.7 Å². The van der Waals surface area contributed by atoms with Crippen molar-refractivity contribution in [2.24, 2.45) is 15.8 Å². The third-order valence-electron chi connectivity index (χ3n) is 3.25. The molecule has 1 heterocycles. The third kappa shape index (κ3) is 8.79. The number of rotatable bonds is 7. The maximum absolute atomic E-state index is 5.18. The topological polar surface area (TPSA) is 87.8 Å². The fourth-order valence-electron chi connectivity index (χ4n) is 2.02. The molecule has 0 aliphatic carbocycles. The van der Waals surface area contributed by atoms with Gasteiger partial charge in [-0.15, -0.1) is 0 Å². The number of fused-ring (bicyclic) bond motifs is 1. The predicted molar refractivity (Wildman–Crippen MR) is 110 cm³/mol. The van der Waals surface area contributed by atoms with Crippen LogP contribution in [-0.2, 0) is 0 Å². The molecule has 0 spiro atoms. The van der Waals surface area contributed by atoms with Gasteiger partial charge in [-0.3, -0.25) is 4.99 Å². The van der Waals surface area contributed by atoms with Crippen molar-refractivity contribution in [3.8, 4) is 5.75 Å². The van der Waals surface area contributed by atoms with Crippen LogP contribution in [0.5, 0.6) is 5.75 Å². The number of nitrogens with one attached hydrogen (secondary N) is 2. The summed E-state index contributed by atoms with van der Waals surface area (Å²) in [5.74, 6) is 0.848. The van der Waals surface area contributed by atoms with Gasteiger partial charge in [-0.05, 0) is 24.6 Å². The number of aliphatic imine (C=N–C) groups is 1. The van der Waals surface area contributed by atoms with Gasteiger partial charge < -0.3 is 20.9 Å². The molecule has 0 bridgehead atoms. The highest BCUT2D eigenvalue weighted by atomic mass is 16.5. The molecule has 2 aromatic rings. The maximum Gasteiger partial charge on any atom is 0.119 e. The van der Waals surface area contributed by atoms with Crippen molar-refractivity contribution < 1.29 is 4.74 Å². The Kier molecular flexibility index (Phi) is 13.5. The number of nitrogens with zero attached hydrogens (tertiary/aromatic N) is 2. The molecule has 2 rings (SSSR count).